The maximum Gasteiger partial charge on any atom is 0.321 e. The van der Waals surface area contributed by atoms with E-state index < -0.39 is 18.0 Å². The Morgan fingerprint density at radius 1 is 0.960 bits per heavy atom. The maximum atomic E-state index is 12.5. The van der Waals surface area contributed by atoms with Crippen LogP contribution in [-0.4, -0.2) is 19.0 Å². The van der Waals surface area contributed by atoms with Crippen molar-refractivity contribution in [3.63, 3.8) is 0 Å². The van der Waals surface area contributed by atoms with Gasteiger partial charge in [0, 0.05) is 12.7 Å². The SMILES string of the molecule is CC[C@@H](C)c1ccc(N[C@H](C(=O)NC(=O)NC)c2ccccc2)cc1. The molecule has 0 saturated heterocycles. The highest BCUT2D eigenvalue weighted by Gasteiger charge is 2.22. The molecule has 0 aromatic heterocycles. The molecule has 2 aromatic carbocycles. The number of carbonyl (C=O) groups is 2. The molecular formula is C20H25N3O2. The zero-order valence-electron chi connectivity index (χ0n) is 14.9. The summed E-state index contributed by atoms with van der Waals surface area (Å²) >= 11 is 0. The van der Waals surface area contributed by atoms with Crippen molar-refractivity contribution >= 4 is 17.6 Å². The van der Waals surface area contributed by atoms with Gasteiger partial charge in [0.25, 0.3) is 5.91 Å². The van der Waals surface area contributed by atoms with Crippen molar-refractivity contribution in [2.75, 3.05) is 12.4 Å². The monoisotopic (exact) mass is 339 g/mol. The second-order valence-electron chi connectivity index (χ2n) is 5.99. The molecule has 25 heavy (non-hydrogen) atoms. The van der Waals surface area contributed by atoms with Crippen LogP contribution in [0.15, 0.2) is 54.6 Å². The Balaban J connectivity index is 2.21. The van der Waals surface area contributed by atoms with Crippen molar-refractivity contribution in [3.05, 3.63) is 65.7 Å². The first kappa shape index (κ1) is 18.5. The molecule has 5 nitrogen and oxygen atoms in total. The summed E-state index contributed by atoms with van der Waals surface area (Å²) in [7, 11) is 1.47. The summed E-state index contributed by atoms with van der Waals surface area (Å²) in [6.07, 6.45) is 1.08. The van der Waals surface area contributed by atoms with Gasteiger partial charge in [-0.15, -0.1) is 0 Å². The fourth-order valence-corrected chi connectivity index (χ4v) is 2.50. The lowest BCUT2D eigenvalue weighted by Gasteiger charge is -2.20. The van der Waals surface area contributed by atoms with Crippen LogP contribution < -0.4 is 16.0 Å². The lowest BCUT2D eigenvalue weighted by molar-refractivity contribution is -0.120. The summed E-state index contributed by atoms with van der Waals surface area (Å²) in [6.45, 7) is 4.34. The second kappa shape index (κ2) is 8.87. The molecule has 132 valence electrons. The van der Waals surface area contributed by atoms with E-state index in [0.29, 0.717) is 5.92 Å². The summed E-state index contributed by atoms with van der Waals surface area (Å²) in [5.41, 5.74) is 2.88. The van der Waals surface area contributed by atoms with Crippen LogP contribution in [0, 0.1) is 0 Å². The highest BCUT2D eigenvalue weighted by atomic mass is 16.2. The van der Waals surface area contributed by atoms with Crippen molar-refractivity contribution in [1.29, 1.82) is 0 Å². The highest BCUT2D eigenvalue weighted by molar-refractivity contribution is 5.98. The fraction of sp³-hybridized carbons (Fsp3) is 0.300. The Kier molecular flexibility index (Phi) is 6.57. The summed E-state index contributed by atoms with van der Waals surface area (Å²) in [5, 5.41) is 7.95. The van der Waals surface area contributed by atoms with Gasteiger partial charge in [0.1, 0.15) is 6.04 Å². The lowest BCUT2D eigenvalue weighted by atomic mass is 9.98. The van der Waals surface area contributed by atoms with E-state index >= 15 is 0 Å². The molecule has 3 amide bonds. The lowest BCUT2D eigenvalue weighted by Crippen LogP contribution is -2.42. The molecule has 0 spiro atoms. The summed E-state index contributed by atoms with van der Waals surface area (Å²) in [6, 6.07) is 16.2. The van der Waals surface area contributed by atoms with Gasteiger partial charge in [-0.25, -0.2) is 4.79 Å². The van der Waals surface area contributed by atoms with Crippen LogP contribution in [0.1, 0.15) is 43.4 Å². The molecule has 2 atom stereocenters. The molecule has 0 unspecified atom stereocenters. The zero-order chi connectivity index (χ0) is 18.2. The van der Waals surface area contributed by atoms with E-state index in [4.69, 9.17) is 0 Å². The van der Waals surface area contributed by atoms with Gasteiger partial charge < -0.3 is 10.6 Å². The van der Waals surface area contributed by atoms with Crippen molar-refractivity contribution in [1.82, 2.24) is 10.6 Å². The summed E-state index contributed by atoms with van der Waals surface area (Å²) in [5.74, 6) is 0.0899. The van der Waals surface area contributed by atoms with Gasteiger partial charge in [0.15, 0.2) is 0 Å². The van der Waals surface area contributed by atoms with E-state index in [-0.39, 0.29) is 0 Å². The van der Waals surface area contributed by atoms with Crippen molar-refractivity contribution in [2.45, 2.75) is 32.2 Å². The van der Waals surface area contributed by atoms with E-state index in [1.54, 1.807) is 0 Å². The van der Waals surface area contributed by atoms with Crippen LogP contribution >= 0.6 is 0 Å². The van der Waals surface area contributed by atoms with E-state index in [1.165, 1.54) is 12.6 Å². The maximum absolute atomic E-state index is 12.5. The standard InChI is InChI=1S/C20H25N3O2/c1-4-14(2)15-10-12-17(13-11-15)22-18(16-8-6-5-7-9-16)19(24)23-20(25)21-3/h5-14,18,22H,4H2,1-3H3,(H2,21,23,24,25)/t14-,18+/m1/s1. The highest BCUT2D eigenvalue weighted by Crippen LogP contribution is 2.24. The van der Waals surface area contributed by atoms with E-state index in [0.717, 1.165) is 17.7 Å². The van der Waals surface area contributed by atoms with Crippen LogP contribution in [-0.2, 0) is 4.79 Å². The minimum atomic E-state index is -0.659. The molecule has 2 rings (SSSR count). The number of urea groups is 1. The predicted octanol–water partition coefficient (Wildman–Crippen LogP) is 3.81. The third kappa shape index (κ3) is 5.08. The van der Waals surface area contributed by atoms with Crippen LogP contribution in [0.5, 0.6) is 0 Å². The van der Waals surface area contributed by atoms with Crippen molar-refractivity contribution in [2.24, 2.45) is 0 Å². The predicted molar refractivity (Wildman–Crippen MR) is 101 cm³/mol. The van der Waals surface area contributed by atoms with Gasteiger partial charge in [-0.2, -0.15) is 0 Å². The molecule has 5 heteroatoms. The number of hydrogen-bond donors (Lipinski definition) is 3. The Morgan fingerprint density at radius 2 is 1.60 bits per heavy atom. The average molecular weight is 339 g/mol. The Hall–Kier alpha value is -2.82. The van der Waals surface area contributed by atoms with Gasteiger partial charge in [-0.05, 0) is 35.6 Å². The van der Waals surface area contributed by atoms with Crippen LogP contribution in [0.4, 0.5) is 10.5 Å². The number of benzene rings is 2. The van der Waals surface area contributed by atoms with Gasteiger partial charge in [0.2, 0.25) is 0 Å². The number of imide groups is 1. The molecule has 3 N–H and O–H groups in total. The molecule has 0 aliphatic carbocycles. The van der Waals surface area contributed by atoms with Gasteiger partial charge in [-0.3, -0.25) is 10.1 Å². The molecule has 0 bridgehead atoms. The van der Waals surface area contributed by atoms with Gasteiger partial charge in [-0.1, -0.05) is 56.3 Å². The normalized spacial score (nSPS) is 12.8. The first-order chi connectivity index (χ1) is 12.0. The molecule has 0 fully saturated rings. The quantitative estimate of drug-likeness (QED) is 0.749. The van der Waals surface area contributed by atoms with Crippen molar-refractivity contribution in [3.8, 4) is 0 Å². The topological polar surface area (TPSA) is 70.2 Å². The number of nitrogens with one attached hydrogen (secondary N) is 3. The first-order valence-corrected chi connectivity index (χ1v) is 8.49. The number of hydrogen-bond acceptors (Lipinski definition) is 3. The van der Waals surface area contributed by atoms with Gasteiger partial charge >= 0.3 is 6.03 Å². The zero-order valence-corrected chi connectivity index (χ0v) is 14.9. The molecule has 0 aliphatic rings. The number of rotatable bonds is 6. The fourth-order valence-electron chi connectivity index (χ4n) is 2.50. The third-order valence-corrected chi connectivity index (χ3v) is 4.26. The average Bonchev–Trinajstić information content (AvgIpc) is 2.66. The Bertz CT molecular complexity index is 699. The first-order valence-electron chi connectivity index (χ1n) is 8.49. The molecule has 0 aliphatic heterocycles. The van der Waals surface area contributed by atoms with E-state index in [9.17, 15) is 9.59 Å². The Labute approximate surface area is 148 Å². The minimum absolute atomic E-state index is 0.406. The largest absolute Gasteiger partial charge is 0.370 e. The molecule has 0 heterocycles. The minimum Gasteiger partial charge on any atom is -0.370 e. The number of anilines is 1. The van der Waals surface area contributed by atoms with Crippen molar-refractivity contribution < 1.29 is 9.59 Å². The summed E-state index contributed by atoms with van der Waals surface area (Å²) in [4.78, 5) is 24.0. The second-order valence-corrected chi connectivity index (χ2v) is 5.99. The molecule has 2 aromatic rings. The smallest absolute Gasteiger partial charge is 0.321 e. The summed E-state index contributed by atoms with van der Waals surface area (Å²) < 4.78 is 0. The Morgan fingerprint density at radius 3 is 2.16 bits per heavy atom. The number of amides is 3. The third-order valence-electron chi connectivity index (χ3n) is 4.26. The number of carbonyl (C=O) groups excluding carboxylic acids is 2. The molecule has 0 saturated carbocycles. The van der Waals surface area contributed by atoms with Gasteiger partial charge in [0.05, 0.1) is 0 Å². The van der Waals surface area contributed by atoms with E-state index in [1.807, 2.05) is 42.5 Å². The van der Waals surface area contributed by atoms with Crippen LogP contribution in [0.2, 0.25) is 0 Å². The molecule has 0 radical (unpaired) electrons. The molecular weight excluding hydrogens is 314 g/mol. The van der Waals surface area contributed by atoms with Crippen LogP contribution in [0.3, 0.4) is 0 Å². The van der Waals surface area contributed by atoms with Crippen LogP contribution in [0.25, 0.3) is 0 Å². The van der Waals surface area contributed by atoms with E-state index in [2.05, 4.69) is 41.9 Å².